The van der Waals surface area contributed by atoms with Crippen LogP contribution in [0.3, 0.4) is 0 Å². The summed E-state index contributed by atoms with van der Waals surface area (Å²) < 4.78 is -1.36. The fourth-order valence-electron chi connectivity index (χ4n) is 3.74. The molecule has 2 aromatic carbocycles. The summed E-state index contributed by atoms with van der Waals surface area (Å²) in [5.41, 5.74) is 0.607. The number of rotatable bonds is 6. The summed E-state index contributed by atoms with van der Waals surface area (Å²) in [6.45, 7) is 0. The van der Waals surface area contributed by atoms with Gasteiger partial charge >= 0.3 is 0 Å². The van der Waals surface area contributed by atoms with Gasteiger partial charge in [0.1, 0.15) is 4.33 Å². The molecule has 1 amide bonds. The van der Waals surface area contributed by atoms with Crippen molar-refractivity contribution < 1.29 is 9.59 Å². The lowest BCUT2D eigenvalue weighted by Gasteiger charge is -2.10. The molecule has 2 saturated carbocycles. The minimum absolute atomic E-state index is 0.0931. The molecule has 0 saturated heterocycles. The Bertz CT molecular complexity index is 1160. The summed E-state index contributed by atoms with van der Waals surface area (Å²) in [5, 5.41) is 12.9. The zero-order chi connectivity index (χ0) is 23.4. The number of nitrogens with one attached hydrogen (secondary N) is 1. The Morgan fingerprint density at radius 1 is 1.03 bits per heavy atom. The summed E-state index contributed by atoms with van der Waals surface area (Å²) in [5.74, 6) is -2.00. The highest BCUT2D eigenvalue weighted by molar-refractivity contribution is 6.54. The fraction of sp³-hybridized carbons (Fsp3) is 0.318. The number of carbonyl (C=O) groups excluding carboxylic acids is 2. The number of ketones is 1. The van der Waals surface area contributed by atoms with Crippen molar-refractivity contribution in [1.82, 2.24) is 0 Å². The van der Waals surface area contributed by atoms with Crippen molar-refractivity contribution >= 4 is 87.0 Å². The number of halogens is 6. The molecule has 10 heteroatoms. The van der Waals surface area contributed by atoms with Gasteiger partial charge in [0, 0.05) is 23.6 Å². The summed E-state index contributed by atoms with van der Waals surface area (Å²) >= 11 is 37.2. The molecule has 0 heterocycles. The van der Waals surface area contributed by atoms with Crippen LogP contribution in [0.25, 0.3) is 0 Å². The third-order valence-electron chi connectivity index (χ3n) is 5.83. The molecule has 0 bridgehead atoms. The van der Waals surface area contributed by atoms with Crippen molar-refractivity contribution in [1.29, 1.82) is 5.26 Å². The summed E-state index contributed by atoms with van der Waals surface area (Å²) in [4.78, 5) is 25.6. The largest absolute Gasteiger partial charge is 0.326 e. The number of carbonyl (C=O) groups is 2. The summed E-state index contributed by atoms with van der Waals surface area (Å²) in [6.07, 6.45) is 1.48. The number of hydrogen-bond donors (Lipinski definition) is 1. The van der Waals surface area contributed by atoms with E-state index in [1.54, 1.807) is 18.2 Å². The maximum atomic E-state index is 12.9. The molecule has 2 aliphatic carbocycles. The molecule has 0 aliphatic heterocycles. The van der Waals surface area contributed by atoms with Crippen LogP contribution in [0.5, 0.6) is 0 Å². The Hall–Kier alpha value is -1.19. The minimum atomic E-state index is -1.36. The molecule has 166 valence electrons. The molecule has 4 nitrogen and oxygen atoms in total. The van der Waals surface area contributed by atoms with E-state index in [1.807, 2.05) is 0 Å². The maximum Gasteiger partial charge on any atom is 0.231 e. The van der Waals surface area contributed by atoms with Crippen LogP contribution in [0.1, 0.15) is 41.1 Å². The van der Waals surface area contributed by atoms with Gasteiger partial charge in [-0.15, -0.1) is 23.2 Å². The molecule has 2 atom stereocenters. The van der Waals surface area contributed by atoms with Gasteiger partial charge in [-0.25, -0.2) is 0 Å². The third kappa shape index (κ3) is 4.44. The van der Waals surface area contributed by atoms with Crippen LogP contribution in [0.15, 0.2) is 30.3 Å². The minimum Gasteiger partial charge on any atom is -0.326 e. The van der Waals surface area contributed by atoms with Crippen molar-refractivity contribution in [2.24, 2.45) is 11.3 Å². The van der Waals surface area contributed by atoms with Gasteiger partial charge in [-0.3, -0.25) is 9.59 Å². The SMILES string of the molecule is N#CC1(CC(=O)c2cc(NC(=O)[C@H]3[C@H](c4cc(Cl)c(Cl)c(Cl)c4)C3(Cl)Cl)ccc2Cl)CC1. The van der Waals surface area contributed by atoms with Crippen LogP contribution >= 0.6 is 69.6 Å². The Labute approximate surface area is 214 Å². The molecule has 0 radical (unpaired) electrons. The Kier molecular flexibility index (Phi) is 6.40. The standard InChI is InChI=1S/C22H14Cl6N2O2/c23-13-2-1-11(7-12(13)16(31)8-21(9-29)3-4-21)30-20(32)18-17(22(18,27)28)10-5-14(24)19(26)15(25)6-10/h1-2,5-7,17-18H,3-4,8H2,(H,30,32)/t17-,18+/m0/s1. The second kappa shape index (κ2) is 8.55. The first-order valence-corrected chi connectivity index (χ1v) is 11.8. The van der Waals surface area contributed by atoms with Crippen LogP contribution in [-0.2, 0) is 4.79 Å². The van der Waals surface area contributed by atoms with Gasteiger partial charge in [0.05, 0.1) is 37.5 Å². The molecule has 0 aromatic heterocycles. The van der Waals surface area contributed by atoms with Crippen LogP contribution < -0.4 is 5.32 Å². The number of benzene rings is 2. The molecule has 0 spiro atoms. The average molecular weight is 551 g/mol. The van der Waals surface area contributed by atoms with E-state index in [9.17, 15) is 14.9 Å². The number of hydrogen-bond acceptors (Lipinski definition) is 3. The highest BCUT2D eigenvalue weighted by Crippen LogP contribution is 2.65. The molecule has 2 aromatic rings. The lowest BCUT2D eigenvalue weighted by atomic mass is 9.96. The van der Waals surface area contributed by atoms with Gasteiger partial charge in [-0.2, -0.15) is 5.26 Å². The van der Waals surface area contributed by atoms with E-state index in [-0.39, 0.29) is 37.9 Å². The van der Waals surface area contributed by atoms with Crippen LogP contribution in [-0.4, -0.2) is 16.0 Å². The first kappa shape index (κ1) is 24.0. The normalized spacial score (nSPS) is 22.0. The quantitative estimate of drug-likeness (QED) is 0.227. The highest BCUT2D eigenvalue weighted by atomic mass is 35.5. The molecule has 4 rings (SSSR count). The number of anilines is 1. The van der Waals surface area contributed by atoms with E-state index >= 15 is 0 Å². The van der Waals surface area contributed by atoms with Crippen molar-refractivity contribution in [3.8, 4) is 6.07 Å². The average Bonchev–Trinajstić information content (AvgIpc) is 3.62. The van der Waals surface area contributed by atoms with Gasteiger partial charge in [0.2, 0.25) is 5.91 Å². The lowest BCUT2D eigenvalue weighted by Crippen LogP contribution is -2.17. The van der Waals surface area contributed by atoms with E-state index in [0.717, 1.165) is 0 Å². The zero-order valence-electron chi connectivity index (χ0n) is 16.2. The zero-order valence-corrected chi connectivity index (χ0v) is 20.7. The van der Waals surface area contributed by atoms with E-state index in [2.05, 4.69) is 11.4 Å². The molecular formula is C22H14Cl6N2O2. The molecule has 32 heavy (non-hydrogen) atoms. The lowest BCUT2D eigenvalue weighted by molar-refractivity contribution is -0.117. The van der Waals surface area contributed by atoms with Gasteiger partial charge in [-0.05, 0) is 48.7 Å². The van der Waals surface area contributed by atoms with Crippen molar-refractivity contribution in [2.45, 2.75) is 29.5 Å². The maximum absolute atomic E-state index is 12.9. The third-order valence-corrected chi connectivity index (χ3v) is 8.29. The van der Waals surface area contributed by atoms with E-state index < -0.39 is 27.5 Å². The molecule has 0 unspecified atom stereocenters. The van der Waals surface area contributed by atoms with Crippen molar-refractivity contribution in [2.75, 3.05) is 5.32 Å². The molecule has 2 aliphatic rings. The topological polar surface area (TPSA) is 70.0 Å². The van der Waals surface area contributed by atoms with Crippen molar-refractivity contribution in [3.63, 3.8) is 0 Å². The van der Waals surface area contributed by atoms with E-state index in [0.29, 0.717) is 24.1 Å². The smallest absolute Gasteiger partial charge is 0.231 e. The Morgan fingerprint density at radius 2 is 1.66 bits per heavy atom. The van der Waals surface area contributed by atoms with E-state index in [4.69, 9.17) is 69.6 Å². The Morgan fingerprint density at radius 3 is 2.22 bits per heavy atom. The number of nitrogens with zero attached hydrogens (tertiary/aromatic N) is 1. The highest BCUT2D eigenvalue weighted by Gasteiger charge is 2.67. The van der Waals surface area contributed by atoms with Gasteiger partial charge in [0.25, 0.3) is 0 Å². The van der Waals surface area contributed by atoms with E-state index in [1.165, 1.54) is 12.1 Å². The van der Waals surface area contributed by atoms with Gasteiger partial charge in [0.15, 0.2) is 5.78 Å². The van der Waals surface area contributed by atoms with Crippen LogP contribution in [0.2, 0.25) is 20.1 Å². The Balaban J connectivity index is 1.52. The predicted octanol–water partition coefficient (Wildman–Crippen LogP) is 7.70. The number of nitriles is 1. The molecule has 2 fully saturated rings. The molecule has 1 N–H and O–H groups in total. The summed E-state index contributed by atoms with van der Waals surface area (Å²) in [6, 6.07) is 9.94. The number of amides is 1. The second-order valence-electron chi connectivity index (χ2n) is 8.10. The van der Waals surface area contributed by atoms with Gasteiger partial charge < -0.3 is 5.32 Å². The van der Waals surface area contributed by atoms with Crippen LogP contribution in [0, 0.1) is 22.7 Å². The first-order chi connectivity index (χ1) is 15.0. The van der Waals surface area contributed by atoms with Gasteiger partial charge in [-0.1, -0.05) is 46.4 Å². The number of alkyl halides is 2. The summed E-state index contributed by atoms with van der Waals surface area (Å²) in [7, 11) is 0. The second-order valence-corrected chi connectivity index (χ2v) is 11.1. The van der Waals surface area contributed by atoms with Crippen molar-refractivity contribution in [3.05, 3.63) is 61.5 Å². The first-order valence-electron chi connectivity index (χ1n) is 9.56. The number of Topliss-reactive ketones (excluding diaryl/α,β-unsaturated/α-hetero) is 1. The predicted molar refractivity (Wildman–Crippen MR) is 128 cm³/mol. The monoisotopic (exact) mass is 548 g/mol. The molecular weight excluding hydrogens is 537 g/mol. The van der Waals surface area contributed by atoms with Crippen LogP contribution in [0.4, 0.5) is 5.69 Å². The fourth-order valence-corrected chi connectivity index (χ4v) is 5.40.